The van der Waals surface area contributed by atoms with Crippen LogP contribution in [0.2, 0.25) is 0 Å². The number of hydrogen-bond acceptors (Lipinski definition) is 9. The molecule has 0 aromatic heterocycles. The summed E-state index contributed by atoms with van der Waals surface area (Å²) in [6, 6.07) is 0. The summed E-state index contributed by atoms with van der Waals surface area (Å²) in [6.45, 7) is 4.27. The number of aliphatic hydroxyl groups excluding tert-OH is 4. The highest BCUT2D eigenvalue weighted by Crippen LogP contribution is 2.22. The third kappa shape index (κ3) is 27.0. The van der Waals surface area contributed by atoms with E-state index in [2.05, 4.69) is 86.8 Å². The lowest BCUT2D eigenvalue weighted by molar-refractivity contribution is -0.305. The highest BCUT2D eigenvalue weighted by molar-refractivity contribution is 5.69. The summed E-state index contributed by atoms with van der Waals surface area (Å²) in [4.78, 5) is 12.7. The molecular weight excluding hydrogens is 684 g/mol. The Morgan fingerprint density at radius 2 is 1.13 bits per heavy atom. The molecule has 0 bridgehead atoms. The van der Waals surface area contributed by atoms with Crippen LogP contribution < -0.4 is 0 Å². The normalized spacial score (nSPS) is 21.8. The molecule has 9 nitrogen and oxygen atoms in total. The van der Waals surface area contributed by atoms with Crippen molar-refractivity contribution >= 4 is 5.97 Å². The lowest BCUT2D eigenvalue weighted by Gasteiger charge is -2.39. The quantitative estimate of drug-likeness (QED) is 0.0295. The van der Waals surface area contributed by atoms with Gasteiger partial charge in [0.15, 0.2) is 6.29 Å². The largest absolute Gasteiger partial charge is 0.457 e. The van der Waals surface area contributed by atoms with Gasteiger partial charge in [0.2, 0.25) is 0 Å². The predicted octanol–water partition coefficient (Wildman–Crippen LogP) is 8.69. The molecule has 6 atom stereocenters. The summed E-state index contributed by atoms with van der Waals surface area (Å²) < 4.78 is 22.6. The third-order valence-corrected chi connectivity index (χ3v) is 8.81. The first kappa shape index (κ1) is 49.4. The molecule has 0 amide bonds. The molecule has 0 radical (unpaired) electrons. The Hall–Kier alpha value is -2.63. The fourth-order valence-electron chi connectivity index (χ4n) is 5.55. The van der Waals surface area contributed by atoms with Gasteiger partial charge in [-0.2, -0.15) is 0 Å². The number of rotatable bonds is 33. The van der Waals surface area contributed by atoms with Crippen LogP contribution in [-0.2, 0) is 23.7 Å². The van der Waals surface area contributed by atoms with E-state index in [1.807, 2.05) is 12.2 Å². The van der Waals surface area contributed by atoms with Gasteiger partial charge in [0, 0.05) is 13.0 Å². The monoisotopic (exact) mass is 759 g/mol. The summed E-state index contributed by atoms with van der Waals surface area (Å²) in [5.74, 6) is -0.402. The number of aliphatic hydroxyl groups is 4. The number of unbranched alkanes of at least 4 members (excludes halogenated alkanes) is 8. The first-order chi connectivity index (χ1) is 26.4. The van der Waals surface area contributed by atoms with Crippen molar-refractivity contribution in [3.05, 3.63) is 85.1 Å². The van der Waals surface area contributed by atoms with Crippen LogP contribution in [0.5, 0.6) is 0 Å². The van der Waals surface area contributed by atoms with Crippen molar-refractivity contribution in [3.8, 4) is 0 Å². The van der Waals surface area contributed by atoms with E-state index in [0.717, 1.165) is 64.2 Å². The molecule has 1 rings (SSSR count). The molecule has 54 heavy (non-hydrogen) atoms. The van der Waals surface area contributed by atoms with Crippen LogP contribution in [0.1, 0.15) is 129 Å². The Bertz CT molecular complexity index is 1090. The summed E-state index contributed by atoms with van der Waals surface area (Å²) in [6.07, 6.45) is 40.5. The lowest BCUT2D eigenvalue weighted by Crippen LogP contribution is -2.59. The molecule has 0 aliphatic carbocycles. The zero-order valence-electron chi connectivity index (χ0n) is 33.4. The SMILES string of the molecule is CC/C=C\C/C=C\C/C=C\C/C=C\C/C=C\C/C=C\CCC(=O)OC(COCCCCCCCC/C=C\CCCC)COC1OC(CO)C(O)C(O)C1O. The number of hydrogen-bond donors (Lipinski definition) is 4. The molecule has 0 aromatic carbocycles. The second-order valence-electron chi connectivity index (χ2n) is 13.7. The van der Waals surface area contributed by atoms with Crippen LogP contribution in [0.3, 0.4) is 0 Å². The highest BCUT2D eigenvalue weighted by atomic mass is 16.7. The second kappa shape index (κ2) is 36.0. The Morgan fingerprint density at radius 3 is 1.70 bits per heavy atom. The Morgan fingerprint density at radius 1 is 0.611 bits per heavy atom. The Balaban J connectivity index is 2.38. The van der Waals surface area contributed by atoms with E-state index < -0.39 is 49.4 Å². The number of carbonyl (C=O) groups is 1. The van der Waals surface area contributed by atoms with Gasteiger partial charge in [0.1, 0.15) is 30.5 Å². The summed E-state index contributed by atoms with van der Waals surface area (Å²) in [5.41, 5.74) is 0. The molecular formula is C45H74O9. The molecule has 0 aromatic rings. The van der Waals surface area contributed by atoms with Crippen LogP contribution in [0.25, 0.3) is 0 Å². The summed E-state index contributed by atoms with van der Waals surface area (Å²) in [7, 11) is 0. The number of esters is 1. The smallest absolute Gasteiger partial charge is 0.306 e. The summed E-state index contributed by atoms with van der Waals surface area (Å²) >= 11 is 0. The molecule has 0 spiro atoms. The van der Waals surface area contributed by atoms with Gasteiger partial charge in [0.05, 0.1) is 19.8 Å². The maximum Gasteiger partial charge on any atom is 0.306 e. The minimum Gasteiger partial charge on any atom is -0.457 e. The molecule has 1 fully saturated rings. The zero-order chi connectivity index (χ0) is 39.3. The van der Waals surface area contributed by atoms with Gasteiger partial charge in [-0.1, -0.05) is 137 Å². The zero-order valence-corrected chi connectivity index (χ0v) is 33.4. The lowest BCUT2D eigenvalue weighted by atomic mass is 9.99. The van der Waals surface area contributed by atoms with Crippen LogP contribution in [0.15, 0.2) is 85.1 Å². The molecule has 308 valence electrons. The average molecular weight is 759 g/mol. The molecule has 1 aliphatic rings. The van der Waals surface area contributed by atoms with Crippen molar-refractivity contribution in [2.45, 2.75) is 166 Å². The first-order valence-corrected chi connectivity index (χ1v) is 20.7. The van der Waals surface area contributed by atoms with Gasteiger partial charge < -0.3 is 39.4 Å². The molecule has 0 saturated carbocycles. The first-order valence-electron chi connectivity index (χ1n) is 20.7. The standard InChI is InChI=1S/C45H74O9/c1-3-5-7-9-11-13-15-17-18-19-20-21-22-23-24-26-28-30-32-34-41(47)53-39(38-52-45-44(50)43(49)42(48)40(36-46)54-45)37-51-35-33-31-29-27-25-16-14-12-10-8-6-4-2/h5,7,10-13,17-18,20-21,23-24,28,30,39-40,42-46,48-50H,3-4,6,8-9,14-16,19,22,25-27,29,31-38H2,1-2H3/b7-5-,12-10-,13-11-,18-17-,21-20-,24-23-,30-28-. The van der Waals surface area contributed by atoms with E-state index in [4.69, 9.17) is 18.9 Å². The topological polar surface area (TPSA) is 135 Å². The third-order valence-electron chi connectivity index (χ3n) is 8.81. The van der Waals surface area contributed by atoms with Gasteiger partial charge in [-0.25, -0.2) is 0 Å². The van der Waals surface area contributed by atoms with Gasteiger partial charge in [-0.15, -0.1) is 0 Å². The van der Waals surface area contributed by atoms with Gasteiger partial charge in [-0.3, -0.25) is 4.79 Å². The van der Waals surface area contributed by atoms with Crippen molar-refractivity contribution in [2.24, 2.45) is 0 Å². The van der Waals surface area contributed by atoms with Crippen LogP contribution in [0.4, 0.5) is 0 Å². The van der Waals surface area contributed by atoms with E-state index in [9.17, 15) is 25.2 Å². The fraction of sp³-hybridized carbons (Fsp3) is 0.667. The second-order valence-corrected chi connectivity index (χ2v) is 13.7. The summed E-state index contributed by atoms with van der Waals surface area (Å²) in [5, 5.41) is 40.0. The van der Waals surface area contributed by atoms with Crippen molar-refractivity contribution in [1.29, 1.82) is 0 Å². The molecule has 4 N–H and O–H groups in total. The van der Waals surface area contributed by atoms with E-state index in [-0.39, 0.29) is 19.6 Å². The van der Waals surface area contributed by atoms with Gasteiger partial charge in [0.25, 0.3) is 0 Å². The number of ether oxygens (including phenoxy) is 4. The minimum absolute atomic E-state index is 0.105. The molecule has 1 saturated heterocycles. The molecule has 9 heteroatoms. The van der Waals surface area contributed by atoms with E-state index in [1.165, 1.54) is 38.5 Å². The van der Waals surface area contributed by atoms with E-state index in [0.29, 0.717) is 13.0 Å². The minimum atomic E-state index is -1.55. The Kier molecular flexibility index (Phi) is 33.0. The van der Waals surface area contributed by atoms with Crippen molar-refractivity contribution < 1.29 is 44.2 Å². The van der Waals surface area contributed by atoms with Crippen LogP contribution in [0, 0.1) is 0 Å². The van der Waals surface area contributed by atoms with Crippen molar-refractivity contribution in [1.82, 2.24) is 0 Å². The predicted molar refractivity (Wildman–Crippen MR) is 219 cm³/mol. The van der Waals surface area contributed by atoms with E-state index in [1.54, 1.807) is 0 Å². The van der Waals surface area contributed by atoms with Crippen LogP contribution in [-0.4, -0.2) is 89.6 Å². The van der Waals surface area contributed by atoms with E-state index >= 15 is 0 Å². The Labute approximate surface area is 327 Å². The maximum atomic E-state index is 12.7. The number of allylic oxidation sites excluding steroid dienone is 14. The number of carbonyl (C=O) groups excluding carboxylic acids is 1. The van der Waals surface area contributed by atoms with Crippen molar-refractivity contribution in [2.75, 3.05) is 26.4 Å². The average Bonchev–Trinajstić information content (AvgIpc) is 3.17. The molecule has 1 heterocycles. The molecule has 1 aliphatic heterocycles. The maximum absolute atomic E-state index is 12.7. The van der Waals surface area contributed by atoms with Crippen LogP contribution >= 0.6 is 0 Å². The fourth-order valence-corrected chi connectivity index (χ4v) is 5.55. The van der Waals surface area contributed by atoms with Crippen molar-refractivity contribution in [3.63, 3.8) is 0 Å². The van der Waals surface area contributed by atoms with Gasteiger partial charge in [-0.05, 0) is 70.6 Å². The molecule has 6 unspecified atom stereocenters. The highest BCUT2D eigenvalue weighted by Gasteiger charge is 2.44. The van der Waals surface area contributed by atoms with Gasteiger partial charge >= 0.3 is 5.97 Å².